The minimum atomic E-state index is -0.435. The molecular formula is C24H18Cl2N6O3S. The number of ether oxygens (including phenoxy) is 2. The third-order valence-electron chi connectivity index (χ3n) is 5.34. The van der Waals surface area contributed by atoms with Crippen molar-refractivity contribution in [2.24, 2.45) is 0 Å². The van der Waals surface area contributed by atoms with Crippen molar-refractivity contribution >= 4 is 67.9 Å². The van der Waals surface area contributed by atoms with Gasteiger partial charge < -0.3 is 24.7 Å². The number of hydrogen-bond acceptors (Lipinski definition) is 8. The zero-order valence-corrected chi connectivity index (χ0v) is 21.3. The summed E-state index contributed by atoms with van der Waals surface area (Å²) >= 11 is 14.2. The monoisotopic (exact) mass is 540 g/mol. The summed E-state index contributed by atoms with van der Waals surface area (Å²) in [6.07, 6.45) is 6.73. The van der Waals surface area contributed by atoms with Crippen molar-refractivity contribution < 1.29 is 14.3 Å². The van der Waals surface area contributed by atoms with E-state index < -0.39 is 5.91 Å². The van der Waals surface area contributed by atoms with Gasteiger partial charge in [0.15, 0.2) is 5.82 Å². The van der Waals surface area contributed by atoms with Crippen molar-refractivity contribution in [1.29, 1.82) is 0 Å². The number of nitrogens with one attached hydrogen (secondary N) is 2. The molecular weight excluding hydrogens is 523 g/mol. The lowest BCUT2D eigenvalue weighted by molar-refractivity contribution is 0.102. The number of carbonyl (C=O) groups is 1. The van der Waals surface area contributed by atoms with Crippen molar-refractivity contribution in [1.82, 2.24) is 19.5 Å². The Balaban J connectivity index is 1.42. The van der Waals surface area contributed by atoms with Crippen LogP contribution < -0.4 is 20.1 Å². The lowest BCUT2D eigenvalue weighted by Gasteiger charge is -2.15. The van der Waals surface area contributed by atoms with Gasteiger partial charge in [-0.1, -0.05) is 23.2 Å². The van der Waals surface area contributed by atoms with Crippen LogP contribution in [-0.4, -0.2) is 39.6 Å². The normalized spacial score (nSPS) is 10.9. The second-order valence-corrected chi connectivity index (χ2v) is 9.06. The van der Waals surface area contributed by atoms with Crippen LogP contribution in [0.25, 0.3) is 15.9 Å². The highest BCUT2D eigenvalue weighted by atomic mass is 35.5. The van der Waals surface area contributed by atoms with Crippen molar-refractivity contribution in [3.63, 3.8) is 0 Å². The maximum absolute atomic E-state index is 13.2. The Labute approximate surface area is 219 Å². The molecule has 0 saturated carbocycles. The van der Waals surface area contributed by atoms with Crippen LogP contribution in [0.1, 0.15) is 10.4 Å². The molecule has 0 unspecified atom stereocenters. The van der Waals surface area contributed by atoms with Gasteiger partial charge in [-0.15, -0.1) is 11.3 Å². The second-order valence-electron chi connectivity index (χ2n) is 7.43. The van der Waals surface area contributed by atoms with Gasteiger partial charge in [0, 0.05) is 35.2 Å². The number of imidazole rings is 1. The SMILES string of the molecule is COc1cc(OC)c(Cl)c(NC(=O)c2csc3c(Nc4ccc(-n5ccnc5)cc4)ncnc23)c1Cl. The van der Waals surface area contributed by atoms with Crippen LogP contribution in [0.4, 0.5) is 17.2 Å². The van der Waals surface area contributed by atoms with Crippen molar-refractivity contribution in [3.8, 4) is 17.2 Å². The number of rotatable bonds is 7. The average molecular weight is 541 g/mol. The molecule has 1 amide bonds. The van der Waals surface area contributed by atoms with Gasteiger partial charge in [-0.2, -0.15) is 0 Å². The molecule has 0 aliphatic rings. The third kappa shape index (κ3) is 4.41. The minimum Gasteiger partial charge on any atom is -0.495 e. The van der Waals surface area contributed by atoms with E-state index in [9.17, 15) is 4.79 Å². The fraction of sp³-hybridized carbons (Fsp3) is 0.0833. The van der Waals surface area contributed by atoms with E-state index in [1.165, 1.54) is 31.9 Å². The van der Waals surface area contributed by atoms with Crippen LogP contribution in [0.2, 0.25) is 10.0 Å². The van der Waals surface area contributed by atoms with Crippen LogP contribution >= 0.6 is 34.5 Å². The molecule has 0 spiro atoms. The Morgan fingerprint density at radius 1 is 1.06 bits per heavy atom. The first-order chi connectivity index (χ1) is 17.5. The molecule has 0 aliphatic carbocycles. The van der Waals surface area contributed by atoms with Crippen LogP contribution in [0, 0.1) is 0 Å². The molecule has 0 atom stereocenters. The Kier molecular flexibility index (Phi) is 6.64. The smallest absolute Gasteiger partial charge is 0.258 e. The molecule has 0 radical (unpaired) electrons. The number of thiophene rings is 1. The second kappa shape index (κ2) is 10.0. The molecule has 36 heavy (non-hydrogen) atoms. The summed E-state index contributed by atoms with van der Waals surface area (Å²) < 4.78 is 13.2. The lowest BCUT2D eigenvalue weighted by atomic mass is 10.2. The van der Waals surface area contributed by atoms with Crippen molar-refractivity contribution in [2.75, 3.05) is 24.9 Å². The Hall–Kier alpha value is -3.86. The largest absolute Gasteiger partial charge is 0.495 e. The first kappa shape index (κ1) is 23.9. The molecule has 0 fully saturated rings. The summed E-state index contributed by atoms with van der Waals surface area (Å²) in [6, 6.07) is 9.35. The topological polar surface area (TPSA) is 103 Å². The van der Waals surface area contributed by atoms with E-state index in [4.69, 9.17) is 32.7 Å². The van der Waals surface area contributed by atoms with Gasteiger partial charge in [0.1, 0.15) is 27.9 Å². The number of nitrogens with zero attached hydrogens (tertiary/aromatic N) is 4. The fourth-order valence-corrected chi connectivity index (χ4v) is 5.08. The zero-order valence-electron chi connectivity index (χ0n) is 19.0. The number of carbonyl (C=O) groups excluding carboxylic acids is 1. The van der Waals surface area contributed by atoms with Gasteiger partial charge >= 0.3 is 0 Å². The molecule has 0 bridgehead atoms. The van der Waals surface area contributed by atoms with E-state index in [0.717, 1.165) is 16.1 Å². The molecule has 0 aliphatic heterocycles. The molecule has 12 heteroatoms. The quantitative estimate of drug-likeness (QED) is 0.253. The molecule has 5 aromatic rings. The molecule has 9 nitrogen and oxygen atoms in total. The molecule has 5 rings (SSSR count). The van der Waals surface area contributed by atoms with Crippen molar-refractivity contribution in [2.45, 2.75) is 0 Å². The average Bonchev–Trinajstić information content (AvgIpc) is 3.58. The van der Waals surface area contributed by atoms with E-state index >= 15 is 0 Å². The number of amides is 1. The molecule has 2 aromatic carbocycles. The van der Waals surface area contributed by atoms with E-state index in [0.29, 0.717) is 28.4 Å². The van der Waals surface area contributed by atoms with Gasteiger partial charge in [-0.3, -0.25) is 4.79 Å². The number of benzene rings is 2. The maximum atomic E-state index is 13.2. The predicted octanol–water partition coefficient (Wildman–Crippen LogP) is 6.20. The van der Waals surface area contributed by atoms with Gasteiger partial charge in [0.25, 0.3) is 5.91 Å². The van der Waals surface area contributed by atoms with Gasteiger partial charge in [-0.05, 0) is 24.3 Å². The fourth-order valence-electron chi connectivity index (χ4n) is 3.54. The van der Waals surface area contributed by atoms with Crippen LogP contribution in [0.15, 0.2) is 60.8 Å². The van der Waals surface area contributed by atoms with Crippen molar-refractivity contribution in [3.05, 3.63) is 76.4 Å². The highest BCUT2D eigenvalue weighted by molar-refractivity contribution is 7.18. The highest BCUT2D eigenvalue weighted by Gasteiger charge is 2.22. The first-order valence-electron chi connectivity index (χ1n) is 10.5. The van der Waals surface area contributed by atoms with Gasteiger partial charge in [-0.25, -0.2) is 15.0 Å². The number of anilines is 3. The summed E-state index contributed by atoms with van der Waals surface area (Å²) in [5.41, 5.74) is 2.84. The summed E-state index contributed by atoms with van der Waals surface area (Å²) in [6.45, 7) is 0. The number of fused-ring (bicyclic) bond motifs is 1. The van der Waals surface area contributed by atoms with Gasteiger partial charge in [0.05, 0.1) is 42.0 Å². The van der Waals surface area contributed by atoms with E-state index in [-0.39, 0.29) is 15.7 Å². The zero-order chi connectivity index (χ0) is 25.2. The van der Waals surface area contributed by atoms with Crippen LogP contribution in [0.3, 0.4) is 0 Å². The first-order valence-corrected chi connectivity index (χ1v) is 12.1. The Bertz CT molecular complexity index is 1530. The Morgan fingerprint density at radius 2 is 1.78 bits per heavy atom. The molecule has 3 heterocycles. The summed E-state index contributed by atoms with van der Waals surface area (Å²) in [5, 5.41) is 8.09. The molecule has 3 aromatic heterocycles. The third-order valence-corrected chi connectivity index (χ3v) is 7.07. The molecule has 2 N–H and O–H groups in total. The number of aromatic nitrogens is 4. The minimum absolute atomic E-state index is 0.160. The number of methoxy groups -OCH3 is 2. The number of hydrogen-bond donors (Lipinski definition) is 2. The maximum Gasteiger partial charge on any atom is 0.258 e. The summed E-state index contributed by atoms with van der Waals surface area (Å²) in [7, 11) is 2.92. The molecule has 182 valence electrons. The standard InChI is InChI=1S/C24H18Cl2N6O3S/c1-34-16-9-17(35-2)19(26)21(18(16)25)31-24(33)15-10-36-22-20(15)28-11-29-23(22)30-13-3-5-14(6-4-13)32-8-7-27-12-32/h3-12H,1-2H3,(H,31,33)(H,28,29,30). The lowest BCUT2D eigenvalue weighted by Crippen LogP contribution is -2.13. The highest BCUT2D eigenvalue weighted by Crippen LogP contribution is 2.44. The Morgan fingerprint density at radius 3 is 2.42 bits per heavy atom. The number of halogens is 2. The van der Waals surface area contributed by atoms with E-state index in [1.54, 1.807) is 24.0 Å². The van der Waals surface area contributed by atoms with Crippen LogP contribution in [-0.2, 0) is 0 Å². The predicted molar refractivity (Wildman–Crippen MR) is 142 cm³/mol. The van der Waals surface area contributed by atoms with E-state index in [1.807, 2.05) is 35.0 Å². The summed E-state index contributed by atoms with van der Waals surface area (Å²) in [5.74, 6) is 0.778. The summed E-state index contributed by atoms with van der Waals surface area (Å²) in [4.78, 5) is 26.0. The van der Waals surface area contributed by atoms with Crippen LogP contribution in [0.5, 0.6) is 11.5 Å². The van der Waals surface area contributed by atoms with E-state index in [2.05, 4.69) is 25.6 Å². The molecule has 0 saturated heterocycles. The van der Waals surface area contributed by atoms with Gasteiger partial charge in [0.2, 0.25) is 0 Å².